The van der Waals surface area contributed by atoms with Crippen LogP contribution in [0.2, 0.25) is 5.02 Å². The van der Waals surface area contributed by atoms with E-state index in [1.54, 1.807) is 16.9 Å². The number of nitrogens with two attached hydrogens (primary N) is 1. The predicted octanol–water partition coefficient (Wildman–Crippen LogP) is 2.51. The number of halogens is 1. The van der Waals surface area contributed by atoms with Gasteiger partial charge < -0.3 is 11.1 Å². The van der Waals surface area contributed by atoms with Gasteiger partial charge in [-0.3, -0.25) is 4.79 Å². The zero-order chi connectivity index (χ0) is 15.6. The topological polar surface area (TPSA) is 72.9 Å². The molecule has 1 amide bonds. The average Bonchev–Trinajstić information content (AvgIpc) is 2.85. The third-order valence-electron chi connectivity index (χ3n) is 2.98. The molecule has 0 spiro atoms. The molecule has 2 rings (SSSR count). The van der Waals surface area contributed by atoms with Gasteiger partial charge in [-0.25, -0.2) is 4.68 Å². The van der Waals surface area contributed by atoms with Crippen molar-refractivity contribution in [2.24, 2.45) is 5.73 Å². The second kappa shape index (κ2) is 5.87. The second-order valence-corrected chi connectivity index (χ2v) is 6.30. The van der Waals surface area contributed by atoms with E-state index in [4.69, 9.17) is 17.3 Å². The molecule has 0 aliphatic heterocycles. The number of hydrogen-bond acceptors (Lipinski definition) is 3. The molecule has 0 bridgehead atoms. The predicted molar refractivity (Wildman–Crippen MR) is 83.7 cm³/mol. The molecule has 0 saturated heterocycles. The Kier molecular flexibility index (Phi) is 4.34. The average molecular weight is 307 g/mol. The van der Waals surface area contributed by atoms with E-state index in [-0.39, 0.29) is 5.54 Å². The Hall–Kier alpha value is -1.85. The Labute approximate surface area is 129 Å². The Morgan fingerprint density at radius 1 is 1.43 bits per heavy atom. The summed E-state index contributed by atoms with van der Waals surface area (Å²) in [7, 11) is 0. The number of primary amides is 1. The number of nitrogens with zero attached hydrogens (tertiary/aromatic N) is 2. The van der Waals surface area contributed by atoms with Crippen LogP contribution < -0.4 is 11.1 Å². The summed E-state index contributed by atoms with van der Waals surface area (Å²) >= 11 is 6.30. The summed E-state index contributed by atoms with van der Waals surface area (Å²) in [6, 6.07) is 5.67. The van der Waals surface area contributed by atoms with Gasteiger partial charge in [-0.1, -0.05) is 23.7 Å². The van der Waals surface area contributed by atoms with Crippen molar-refractivity contribution in [1.82, 2.24) is 15.1 Å². The lowest BCUT2D eigenvalue weighted by Gasteiger charge is -2.22. The van der Waals surface area contributed by atoms with Gasteiger partial charge >= 0.3 is 0 Å². The van der Waals surface area contributed by atoms with E-state index >= 15 is 0 Å². The van der Waals surface area contributed by atoms with Crippen molar-refractivity contribution >= 4 is 17.5 Å². The van der Waals surface area contributed by atoms with Gasteiger partial charge in [0, 0.05) is 18.3 Å². The Bertz CT molecular complexity index is 658. The minimum Gasteiger partial charge on any atom is -0.366 e. The number of rotatable bonds is 4. The molecule has 0 fully saturated rings. The van der Waals surface area contributed by atoms with E-state index in [1.165, 1.54) is 6.20 Å². The van der Waals surface area contributed by atoms with Crippen LogP contribution in [-0.2, 0) is 6.54 Å². The quantitative estimate of drug-likeness (QED) is 0.911. The molecule has 0 aliphatic carbocycles. The number of carbonyl (C=O) groups is 1. The largest absolute Gasteiger partial charge is 0.366 e. The SMILES string of the molecule is CC(C)(C)NCc1cccc(Cl)c1-n1cc(C(N)=O)cn1. The molecule has 0 unspecified atom stereocenters. The van der Waals surface area contributed by atoms with Crippen molar-refractivity contribution < 1.29 is 4.79 Å². The van der Waals surface area contributed by atoms with Gasteiger partial charge in [0.25, 0.3) is 5.91 Å². The zero-order valence-electron chi connectivity index (χ0n) is 12.4. The summed E-state index contributed by atoms with van der Waals surface area (Å²) in [5.74, 6) is -0.511. The molecule has 6 heteroatoms. The highest BCUT2D eigenvalue weighted by Gasteiger charge is 2.15. The Balaban J connectivity index is 2.39. The third kappa shape index (κ3) is 3.83. The molecule has 0 radical (unpaired) electrons. The van der Waals surface area contributed by atoms with Crippen LogP contribution in [0.1, 0.15) is 36.7 Å². The number of carbonyl (C=O) groups excluding carboxylic acids is 1. The highest BCUT2D eigenvalue weighted by atomic mass is 35.5. The molecule has 5 nitrogen and oxygen atoms in total. The lowest BCUT2D eigenvalue weighted by molar-refractivity contribution is 0.100. The van der Waals surface area contributed by atoms with Crippen LogP contribution in [0.15, 0.2) is 30.6 Å². The maximum Gasteiger partial charge on any atom is 0.251 e. The molecule has 1 heterocycles. The normalized spacial score (nSPS) is 11.6. The van der Waals surface area contributed by atoms with Crippen LogP contribution in [0.5, 0.6) is 0 Å². The van der Waals surface area contributed by atoms with Crippen LogP contribution in [0.25, 0.3) is 5.69 Å². The molecule has 0 saturated carbocycles. The third-order valence-corrected chi connectivity index (χ3v) is 3.28. The fourth-order valence-electron chi connectivity index (χ4n) is 1.89. The van der Waals surface area contributed by atoms with Crippen LogP contribution in [0.4, 0.5) is 0 Å². The maximum atomic E-state index is 11.2. The number of nitrogens with one attached hydrogen (secondary N) is 1. The van der Waals surface area contributed by atoms with Gasteiger partial charge in [0.15, 0.2) is 0 Å². The van der Waals surface area contributed by atoms with E-state index in [0.717, 1.165) is 11.3 Å². The van der Waals surface area contributed by atoms with Crippen LogP contribution in [0.3, 0.4) is 0 Å². The molecule has 2 aromatic rings. The summed E-state index contributed by atoms with van der Waals surface area (Å²) in [4.78, 5) is 11.2. The summed E-state index contributed by atoms with van der Waals surface area (Å²) in [6.45, 7) is 6.92. The van der Waals surface area contributed by atoms with Crippen LogP contribution >= 0.6 is 11.6 Å². The molecule has 1 aromatic carbocycles. The Morgan fingerprint density at radius 2 is 2.14 bits per heavy atom. The molecular formula is C15H19ClN4O. The van der Waals surface area contributed by atoms with Crippen molar-refractivity contribution in [2.75, 3.05) is 0 Å². The lowest BCUT2D eigenvalue weighted by atomic mass is 10.1. The minimum absolute atomic E-state index is 0.0118. The Morgan fingerprint density at radius 3 is 2.71 bits per heavy atom. The molecule has 1 aromatic heterocycles. The summed E-state index contributed by atoms with van der Waals surface area (Å²) < 4.78 is 1.59. The monoisotopic (exact) mass is 306 g/mol. The fraction of sp³-hybridized carbons (Fsp3) is 0.333. The van der Waals surface area contributed by atoms with Crippen molar-refractivity contribution in [3.63, 3.8) is 0 Å². The molecule has 21 heavy (non-hydrogen) atoms. The van der Waals surface area contributed by atoms with Crippen molar-refractivity contribution in [1.29, 1.82) is 0 Å². The second-order valence-electron chi connectivity index (χ2n) is 5.89. The first-order valence-corrected chi connectivity index (χ1v) is 7.03. The van der Waals surface area contributed by atoms with Gasteiger partial charge in [-0.05, 0) is 32.4 Å². The number of amides is 1. The van der Waals surface area contributed by atoms with E-state index in [1.807, 2.05) is 12.1 Å². The van der Waals surface area contributed by atoms with Crippen molar-refractivity contribution in [3.05, 3.63) is 46.7 Å². The van der Waals surface area contributed by atoms with E-state index in [0.29, 0.717) is 17.1 Å². The first kappa shape index (κ1) is 15.5. The van der Waals surface area contributed by atoms with Gasteiger partial charge in [-0.15, -0.1) is 0 Å². The van der Waals surface area contributed by atoms with Gasteiger partial charge in [0.1, 0.15) is 0 Å². The summed E-state index contributed by atoms with van der Waals surface area (Å²) in [5, 5.41) is 8.16. The van der Waals surface area contributed by atoms with Crippen LogP contribution in [-0.4, -0.2) is 21.2 Å². The summed E-state index contributed by atoms with van der Waals surface area (Å²) in [5.41, 5.74) is 7.35. The number of hydrogen-bond donors (Lipinski definition) is 2. The van der Waals surface area contributed by atoms with Crippen molar-refractivity contribution in [2.45, 2.75) is 32.9 Å². The standard InChI is InChI=1S/C15H19ClN4O/c1-15(2,3)18-7-10-5-4-6-12(16)13(10)20-9-11(8-19-20)14(17)21/h4-6,8-9,18H,7H2,1-3H3,(H2,17,21). The molecular weight excluding hydrogens is 288 g/mol. The minimum atomic E-state index is -0.511. The van der Waals surface area contributed by atoms with E-state index in [9.17, 15) is 4.79 Å². The number of para-hydroxylation sites is 1. The molecule has 3 N–H and O–H groups in total. The van der Waals surface area contributed by atoms with Gasteiger partial charge in [0.2, 0.25) is 0 Å². The fourth-order valence-corrected chi connectivity index (χ4v) is 2.17. The molecule has 0 atom stereocenters. The van der Waals surface area contributed by atoms with Crippen molar-refractivity contribution in [3.8, 4) is 5.69 Å². The lowest BCUT2D eigenvalue weighted by Crippen LogP contribution is -2.35. The smallest absolute Gasteiger partial charge is 0.251 e. The van der Waals surface area contributed by atoms with Gasteiger partial charge in [-0.2, -0.15) is 5.10 Å². The van der Waals surface area contributed by atoms with E-state index in [2.05, 4.69) is 31.2 Å². The molecule has 0 aliphatic rings. The molecule has 112 valence electrons. The highest BCUT2D eigenvalue weighted by molar-refractivity contribution is 6.32. The number of aromatic nitrogens is 2. The van der Waals surface area contributed by atoms with Crippen LogP contribution in [0, 0.1) is 0 Å². The van der Waals surface area contributed by atoms with E-state index < -0.39 is 5.91 Å². The first-order valence-electron chi connectivity index (χ1n) is 6.65. The zero-order valence-corrected chi connectivity index (χ0v) is 13.1. The number of benzene rings is 1. The first-order chi connectivity index (χ1) is 9.78. The maximum absolute atomic E-state index is 11.2. The highest BCUT2D eigenvalue weighted by Crippen LogP contribution is 2.24. The van der Waals surface area contributed by atoms with Gasteiger partial charge in [0.05, 0.1) is 22.5 Å². The summed E-state index contributed by atoms with van der Waals surface area (Å²) in [6.07, 6.45) is 3.02.